The molecule has 132 valence electrons. The summed E-state index contributed by atoms with van der Waals surface area (Å²) in [5.74, 6) is 0. The van der Waals surface area contributed by atoms with Gasteiger partial charge < -0.3 is 15.1 Å². The maximum absolute atomic E-state index is 12.2. The van der Waals surface area contributed by atoms with Crippen LogP contribution in [0.15, 0.2) is 64.2 Å². The van der Waals surface area contributed by atoms with E-state index in [4.69, 9.17) is 0 Å². The monoisotopic (exact) mass is 347 g/mol. The highest BCUT2D eigenvalue weighted by atomic mass is 16.2. The van der Waals surface area contributed by atoms with Gasteiger partial charge in [0.05, 0.1) is 16.9 Å². The highest BCUT2D eigenvalue weighted by molar-refractivity contribution is 5.87. The van der Waals surface area contributed by atoms with E-state index in [1.165, 1.54) is 0 Å². The van der Waals surface area contributed by atoms with E-state index < -0.39 is 10.9 Å². The summed E-state index contributed by atoms with van der Waals surface area (Å²) in [5, 5.41) is 3.24. The molecule has 1 aliphatic heterocycles. The standard InChI is InChI=1S/C21H21N3O2/c1-23-11-13-24(14-12-23)17-10-6-5-9-16(17)22-19-18(20(25)21(19)26)15-7-3-2-4-8-15/h2-10,22H,11-14H2,1H3. The zero-order valence-electron chi connectivity index (χ0n) is 14.7. The number of para-hydroxylation sites is 2. The lowest BCUT2D eigenvalue weighted by atomic mass is 9.98. The maximum Gasteiger partial charge on any atom is 0.250 e. The van der Waals surface area contributed by atoms with Gasteiger partial charge in [-0.2, -0.15) is 0 Å². The lowest BCUT2D eigenvalue weighted by molar-refractivity contribution is 0.313. The molecular formula is C21H21N3O2. The normalized spacial score (nSPS) is 15.3. The fourth-order valence-electron chi connectivity index (χ4n) is 3.43. The molecule has 0 saturated carbocycles. The molecule has 0 aliphatic carbocycles. The molecule has 5 heteroatoms. The molecule has 4 rings (SSSR count). The van der Waals surface area contributed by atoms with E-state index in [0.717, 1.165) is 43.1 Å². The molecule has 3 aromatic rings. The average Bonchev–Trinajstić information content (AvgIpc) is 2.69. The van der Waals surface area contributed by atoms with Crippen molar-refractivity contribution in [2.24, 2.45) is 0 Å². The summed E-state index contributed by atoms with van der Waals surface area (Å²) in [4.78, 5) is 28.9. The van der Waals surface area contributed by atoms with Crippen molar-refractivity contribution in [3.63, 3.8) is 0 Å². The summed E-state index contributed by atoms with van der Waals surface area (Å²) in [6.45, 7) is 3.88. The molecule has 5 nitrogen and oxygen atoms in total. The Kier molecular flexibility index (Phi) is 4.31. The zero-order valence-corrected chi connectivity index (χ0v) is 14.7. The average molecular weight is 347 g/mol. The highest BCUT2D eigenvalue weighted by Gasteiger charge is 2.24. The SMILES string of the molecule is CN1CCN(c2ccccc2Nc2c(-c3ccccc3)c(=O)c2=O)CC1. The Morgan fingerprint density at radius 1 is 0.808 bits per heavy atom. The summed E-state index contributed by atoms with van der Waals surface area (Å²) in [5.41, 5.74) is 2.70. The van der Waals surface area contributed by atoms with Crippen molar-refractivity contribution in [1.82, 2.24) is 4.90 Å². The van der Waals surface area contributed by atoms with E-state index in [1.54, 1.807) is 0 Å². The van der Waals surface area contributed by atoms with E-state index in [0.29, 0.717) is 11.3 Å². The number of rotatable bonds is 4. The van der Waals surface area contributed by atoms with Gasteiger partial charge in [-0.05, 0) is 24.7 Å². The van der Waals surface area contributed by atoms with Gasteiger partial charge in [0.25, 0.3) is 5.43 Å². The second-order valence-electron chi connectivity index (χ2n) is 6.71. The number of piperazine rings is 1. The van der Waals surface area contributed by atoms with Crippen LogP contribution in [-0.4, -0.2) is 38.1 Å². The van der Waals surface area contributed by atoms with Gasteiger partial charge in [0.2, 0.25) is 5.43 Å². The van der Waals surface area contributed by atoms with E-state index in [2.05, 4.69) is 28.2 Å². The van der Waals surface area contributed by atoms with E-state index >= 15 is 0 Å². The molecule has 0 atom stereocenters. The molecule has 1 N–H and O–H groups in total. The number of hydrogen-bond donors (Lipinski definition) is 1. The minimum Gasteiger partial charge on any atom is -0.367 e. The van der Waals surface area contributed by atoms with Gasteiger partial charge in [-0.1, -0.05) is 42.5 Å². The Morgan fingerprint density at radius 2 is 1.46 bits per heavy atom. The molecule has 1 fully saturated rings. The molecule has 0 radical (unpaired) electrons. The van der Waals surface area contributed by atoms with Crippen LogP contribution >= 0.6 is 0 Å². The van der Waals surface area contributed by atoms with Gasteiger partial charge in [0.1, 0.15) is 5.69 Å². The molecule has 1 aliphatic rings. The van der Waals surface area contributed by atoms with Crippen molar-refractivity contribution >= 4 is 17.1 Å². The van der Waals surface area contributed by atoms with Crippen LogP contribution < -0.4 is 21.1 Å². The smallest absolute Gasteiger partial charge is 0.250 e. The van der Waals surface area contributed by atoms with Crippen LogP contribution in [0.2, 0.25) is 0 Å². The molecular weight excluding hydrogens is 326 g/mol. The van der Waals surface area contributed by atoms with E-state index in [9.17, 15) is 9.59 Å². The Balaban J connectivity index is 1.67. The number of hydrogen-bond acceptors (Lipinski definition) is 5. The first-order chi connectivity index (χ1) is 12.6. The molecule has 26 heavy (non-hydrogen) atoms. The molecule has 0 bridgehead atoms. The van der Waals surface area contributed by atoms with Crippen molar-refractivity contribution < 1.29 is 0 Å². The molecule has 0 amide bonds. The lowest BCUT2D eigenvalue weighted by Gasteiger charge is -2.35. The van der Waals surface area contributed by atoms with E-state index in [-0.39, 0.29) is 0 Å². The fraction of sp³-hybridized carbons (Fsp3) is 0.238. The van der Waals surface area contributed by atoms with E-state index in [1.807, 2.05) is 48.5 Å². The van der Waals surface area contributed by atoms with Crippen molar-refractivity contribution in [1.29, 1.82) is 0 Å². The topological polar surface area (TPSA) is 52.6 Å². The quantitative estimate of drug-likeness (QED) is 0.735. The second-order valence-corrected chi connectivity index (χ2v) is 6.71. The third kappa shape index (κ3) is 2.91. The minimum atomic E-state index is -0.447. The first-order valence-corrected chi connectivity index (χ1v) is 8.83. The van der Waals surface area contributed by atoms with Crippen LogP contribution in [-0.2, 0) is 0 Å². The van der Waals surface area contributed by atoms with Crippen molar-refractivity contribution in [2.45, 2.75) is 0 Å². The Hall–Kier alpha value is -2.92. The van der Waals surface area contributed by atoms with Gasteiger partial charge in [-0.15, -0.1) is 0 Å². The van der Waals surface area contributed by atoms with Crippen molar-refractivity contribution in [3.8, 4) is 11.1 Å². The van der Waals surface area contributed by atoms with Gasteiger partial charge in [-0.3, -0.25) is 9.59 Å². The van der Waals surface area contributed by atoms with Crippen LogP contribution in [0, 0.1) is 0 Å². The minimum absolute atomic E-state index is 0.391. The number of benzene rings is 2. The van der Waals surface area contributed by atoms with Gasteiger partial charge in [0.15, 0.2) is 0 Å². The number of anilines is 3. The molecule has 1 heterocycles. The third-order valence-corrected chi connectivity index (χ3v) is 4.98. The van der Waals surface area contributed by atoms with Crippen molar-refractivity contribution in [3.05, 3.63) is 75.0 Å². The first kappa shape index (κ1) is 16.5. The summed E-state index contributed by atoms with van der Waals surface area (Å²) in [7, 11) is 2.12. The Labute approximate surface area is 152 Å². The molecule has 0 unspecified atom stereocenters. The van der Waals surface area contributed by atoms with Gasteiger partial charge in [-0.25, -0.2) is 0 Å². The molecule has 3 aromatic carbocycles. The fourth-order valence-corrected chi connectivity index (χ4v) is 3.43. The third-order valence-electron chi connectivity index (χ3n) is 4.98. The summed E-state index contributed by atoms with van der Waals surface area (Å²) >= 11 is 0. The number of likely N-dealkylation sites (N-methyl/N-ethyl adjacent to an activating group) is 1. The maximum atomic E-state index is 12.2. The van der Waals surface area contributed by atoms with Crippen LogP contribution in [0.5, 0.6) is 0 Å². The molecule has 1 saturated heterocycles. The van der Waals surface area contributed by atoms with Crippen LogP contribution in [0.4, 0.5) is 17.1 Å². The Morgan fingerprint density at radius 3 is 2.19 bits per heavy atom. The van der Waals surface area contributed by atoms with Gasteiger partial charge >= 0.3 is 0 Å². The summed E-state index contributed by atoms with van der Waals surface area (Å²) in [6, 6.07) is 17.3. The Bertz CT molecular complexity index is 982. The van der Waals surface area contributed by atoms with Crippen LogP contribution in [0.25, 0.3) is 11.1 Å². The first-order valence-electron chi connectivity index (χ1n) is 8.83. The van der Waals surface area contributed by atoms with Crippen molar-refractivity contribution in [2.75, 3.05) is 43.4 Å². The molecule has 0 aromatic heterocycles. The second kappa shape index (κ2) is 6.77. The predicted octanol–water partition coefficient (Wildman–Crippen LogP) is 2.45. The largest absolute Gasteiger partial charge is 0.367 e. The lowest BCUT2D eigenvalue weighted by Crippen LogP contribution is -2.44. The number of nitrogens with zero attached hydrogens (tertiary/aromatic N) is 2. The predicted molar refractivity (Wildman–Crippen MR) is 106 cm³/mol. The highest BCUT2D eigenvalue weighted by Crippen LogP contribution is 2.32. The van der Waals surface area contributed by atoms with Crippen LogP contribution in [0.1, 0.15) is 0 Å². The zero-order chi connectivity index (χ0) is 18.1. The summed E-state index contributed by atoms with van der Waals surface area (Å²) in [6.07, 6.45) is 0. The summed E-state index contributed by atoms with van der Waals surface area (Å²) < 4.78 is 0. The molecule has 0 spiro atoms. The number of nitrogens with one attached hydrogen (secondary N) is 1. The van der Waals surface area contributed by atoms with Gasteiger partial charge in [0, 0.05) is 26.2 Å². The van der Waals surface area contributed by atoms with Crippen LogP contribution in [0.3, 0.4) is 0 Å².